The third kappa shape index (κ3) is 6.34. The van der Waals surface area contributed by atoms with E-state index in [1.54, 1.807) is 37.3 Å². The number of nitrogens with one attached hydrogen (secondary N) is 4. The third-order valence-corrected chi connectivity index (χ3v) is 11.2. The quantitative estimate of drug-likeness (QED) is 0.187. The number of amides is 2. The lowest BCUT2D eigenvalue weighted by Gasteiger charge is -2.61. The number of alkyl halides is 3. The number of carbonyl (C=O) groups excluding carboxylic acids is 2. The lowest BCUT2D eigenvalue weighted by atomic mass is 9.47. The van der Waals surface area contributed by atoms with Gasteiger partial charge >= 0.3 is 6.18 Å². The molecule has 1 aromatic heterocycles. The number of aromatic nitrogens is 2. The lowest BCUT2D eigenvalue weighted by Crippen LogP contribution is -2.61. The van der Waals surface area contributed by atoms with Crippen LogP contribution in [0.3, 0.4) is 0 Å². The van der Waals surface area contributed by atoms with Crippen LogP contribution in [0.1, 0.15) is 60.0 Å². The number of carbonyl (C=O) groups is 2. The predicted octanol–water partition coefficient (Wildman–Crippen LogP) is 5.83. The highest BCUT2D eigenvalue weighted by Crippen LogP contribution is 2.61. The second kappa shape index (κ2) is 13.0. The minimum atomic E-state index is -4.77. The molecule has 5 aliphatic rings. The van der Waals surface area contributed by atoms with Gasteiger partial charge in [-0.2, -0.15) is 18.2 Å². The van der Waals surface area contributed by atoms with Gasteiger partial charge in [0.2, 0.25) is 11.9 Å². The molecular weight excluding hydrogens is 649 g/mol. The summed E-state index contributed by atoms with van der Waals surface area (Å²) in [4.78, 5) is 37.2. The zero-order valence-corrected chi connectivity index (χ0v) is 28.4. The summed E-state index contributed by atoms with van der Waals surface area (Å²) < 4.78 is 47.8. The molecule has 3 aromatic rings. The van der Waals surface area contributed by atoms with E-state index in [1.807, 2.05) is 0 Å². The van der Waals surface area contributed by atoms with Gasteiger partial charge in [0.1, 0.15) is 17.1 Å². The molecule has 8 rings (SSSR count). The number of rotatable bonds is 9. The van der Waals surface area contributed by atoms with Crippen LogP contribution in [0.2, 0.25) is 0 Å². The fourth-order valence-corrected chi connectivity index (χ4v) is 9.24. The summed E-state index contributed by atoms with van der Waals surface area (Å²) in [6, 6.07) is 10.7. The number of likely N-dealkylation sites (tertiary alicyclic amines) is 1. The Morgan fingerprint density at radius 1 is 1.08 bits per heavy atom. The maximum Gasteiger partial charge on any atom is 0.421 e. The van der Waals surface area contributed by atoms with Crippen molar-refractivity contribution in [3.05, 3.63) is 59.3 Å². The van der Waals surface area contributed by atoms with E-state index >= 15 is 0 Å². The molecule has 2 aromatic carbocycles. The number of aryl methyl sites for hydroxylation is 1. The van der Waals surface area contributed by atoms with E-state index in [2.05, 4.69) is 36.1 Å². The first kappa shape index (κ1) is 34.0. The van der Waals surface area contributed by atoms with Crippen LogP contribution in [0.25, 0.3) is 0 Å². The summed E-state index contributed by atoms with van der Waals surface area (Å²) in [5.74, 6) is 0.828. The number of nitrogens with two attached hydrogens (primary N) is 1. The summed E-state index contributed by atoms with van der Waals surface area (Å²) in [6.45, 7) is 3.67. The Morgan fingerprint density at radius 3 is 2.50 bits per heavy atom. The van der Waals surface area contributed by atoms with Gasteiger partial charge < -0.3 is 31.7 Å². The van der Waals surface area contributed by atoms with Crippen LogP contribution >= 0.6 is 0 Å². The third-order valence-electron chi connectivity index (χ3n) is 11.2. The van der Waals surface area contributed by atoms with Crippen molar-refractivity contribution in [1.29, 1.82) is 0 Å². The fraction of sp³-hybridized carbons (Fsp3) is 0.500. The van der Waals surface area contributed by atoms with Crippen LogP contribution in [0.15, 0.2) is 42.6 Å². The molecule has 266 valence electrons. The molecular formula is C36H43F3N8O3. The van der Waals surface area contributed by atoms with Crippen molar-refractivity contribution in [2.24, 2.45) is 28.9 Å². The number of ether oxygens (including phenoxy) is 1. The first-order chi connectivity index (χ1) is 23.9. The molecule has 3 atom stereocenters. The Bertz CT molecular complexity index is 1790. The van der Waals surface area contributed by atoms with Crippen LogP contribution in [0.4, 0.5) is 42.0 Å². The van der Waals surface area contributed by atoms with Crippen LogP contribution < -0.4 is 31.7 Å². The Labute approximate surface area is 288 Å². The van der Waals surface area contributed by atoms with E-state index in [0.717, 1.165) is 38.8 Å². The highest BCUT2D eigenvalue weighted by atomic mass is 19.4. The van der Waals surface area contributed by atoms with Crippen molar-refractivity contribution in [2.75, 3.05) is 43.2 Å². The molecule has 0 spiro atoms. The van der Waals surface area contributed by atoms with Crippen molar-refractivity contribution >= 4 is 40.6 Å². The van der Waals surface area contributed by atoms with E-state index in [0.29, 0.717) is 52.7 Å². The number of anilines is 5. The summed E-state index contributed by atoms with van der Waals surface area (Å²) in [5, 5.41) is 11.4. The number of hydrogen-bond acceptors (Lipinski definition) is 9. The summed E-state index contributed by atoms with van der Waals surface area (Å²) in [5.41, 5.74) is 6.61. The van der Waals surface area contributed by atoms with Crippen molar-refractivity contribution in [3.63, 3.8) is 0 Å². The van der Waals surface area contributed by atoms with Crippen molar-refractivity contribution in [2.45, 2.75) is 63.7 Å². The normalized spacial score (nSPS) is 27.2. The fourth-order valence-electron chi connectivity index (χ4n) is 9.24. The summed E-state index contributed by atoms with van der Waals surface area (Å²) in [7, 11) is 2.91. The number of methoxy groups -OCH3 is 1. The van der Waals surface area contributed by atoms with E-state index in [9.17, 15) is 22.8 Å². The SMILES string of the molecule is CNC(=O)c1cccc(C)c1Nc1nc(Nc2ccc(NC(=O)C34CC5CC(C3)C(N3CC[C@H](N)C3)C(C5)C4)cc2OC)ncc1C(F)(F)F. The van der Waals surface area contributed by atoms with Crippen LogP contribution in [-0.2, 0) is 11.0 Å². The molecule has 4 aliphatic carbocycles. The Kier molecular flexibility index (Phi) is 8.87. The van der Waals surface area contributed by atoms with Gasteiger partial charge in [-0.3, -0.25) is 14.5 Å². The van der Waals surface area contributed by atoms with Crippen molar-refractivity contribution in [3.8, 4) is 5.75 Å². The van der Waals surface area contributed by atoms with Gasteiger partial charge in [-0.05, 0) is 87.0 Å². The second-order valence-electron chi connectivity index (χ2n) is 14.4. The topological polar surface area (TPSA) is 147 Å². The van der Waals surface area contributed by atoms with Gasteiger partial charge in [-0.15, -0.1) is 0 Å². The second-order valence-corrected chi connectivity index (χ2v) is 14.4. The smallest absolute Gasteiger partial charge is 0.421 e. The Hall–Kier alpha value is -4.43. The lowest BCUT2D eigenvalue weighted by molar-refractivity contribution is -0.150. The maximum absolute atomic E-state index is 14.1. The van der Waals surface area contributed by atoms with Crippen LogP contribution in [0, 0.1) is 30.1 Å². The Morgan fingerprint density at radius 2 is 1.84 bits per heavy atom. The highest BCUT2D eigenvalue weighted by molar-refractivity contribution is 6.01. The molecule has 11 nitrogen and oxygen atoms in total. The number of benzene rings is 2. The minimum absolute atomic E-state index is 0.0327. The first-order valence-electron chi connectivity index (χ1n) is 17.2. The molecule has 2 unspecified atom stereocenters. The monoisotopic (exact) mass is 692 g/mol. The summed E-state index contributed by atoms with van der Waals surface area (Å²) >= 11 is 0. The van der Waals surface area contributed by atoms with Crippen LogP contribution in [-0.4, -0.2) is 66.0 Å². The van der Waals surface area contributed by atoms with E-state index < -0.39 is 28.9 Å². The number of hydrogen-bond donors (Lipinski definition) is 5. The minimum Gasteiger partial charge on any atom is -0.494 e. The van der Waals surface area contributed by atoms with Crippen LogP contribution in [0.5, 0.6) is 5.75 Å². The molecule has 5 fully saturated rings. The van der Waals surface area contributed by atoms with Gasteiger partial charge in [-0.1, -0.05) is 12.1 Å². The average molecular weight is 693 g/mol. The van der Waals surface area contributed by atoms with Gasteiger partial charge in [0, 0.05) is 50.2 Å². The molecule has 1 saturated heterocycles. The first-order valence-corrected chi connectivity index (χ1v) is 17.2. The molecule has 50 heavy (non-hydrogen) atoms. The molecule has 14 heteroatoms. The molecule has 4 saturated carbocycles. The summed E-state index contributed by atoms with van der Waals surface area (Å²) in [6.07, 6.45) is 1.98. The maximum atomic E-state index is 14.1. The van der Waals surface area contributed by atoms with Gasteiger partial charge in [-0.25, -0.2) is 4.98 Å². The van der Waals surface area contributed by atoms with Crippen molar-refractivity contribution < 1.29 is 27.5 Å². The Balaban J connectivity index is 1.09. The molecule has 6 N–H and O–H groups in total. The molecule has 2 amide bonds. The molecule has 2 heterocycles. The standard InChI is InChI=1S/C36H43F3N8O3/c1-19-5-4-6-25(32(48)41-2)29(19)45-31-26(36(37,38)39)17-42-34(46-31)44-27-8-7-24(13-28(27)50-3)43-33(49)35-14-20-11-21(15-35)30(22(12-20)16-35)47-10-9-23(40)18-47/h4-8,13,17,20-23,30H,9-12,14-16,18,40H2,1-3H3,(H,41,48)(H,43,49)(H2,42,44,45,46)/t20?,21?,22?,23-,30?,35?/m0/s1. The average Bonchev–Trinajstić information content (AvgIpc) is 3.50. The van der Waals surface area contributed by atoms with Gasteiger partial charge in [0.25, 0.3) is 5.91 Å². The molecule has 0 radical (unpaired) electrons. The number of nitrogens with zero attached hydrogens (tertiary/aromatic N) is 3. The van der Waals surface area contributed by atoms with E-state index in [-0.39, 0.29) is 29.1 Å². The largest absolute Gasteiger partial charge is 0.494 e. The van der Waals surface area contributed by atoms with E-state index in [1.165, 1.54) is 33.1 Å². The number of para-hydroxylation sites is 1. The predicted molar refractivity (Wildman–Crippen MR) is 184 cm³/mol. The van der Waals surface area contributed by atoms with E-state index in [4.69, 9.17) is 10.5 Å². The molecule has 1 aliphatic heterocycles. The van der Waals surface area contributed by atoms with Crippen molar-refractivity contribution in [1.82, 2.24) is 20.2 Å². The highest BCUT2D eigenvalue weighted by Gasteiger charge is 2.59. The zero-order chi connectivity index (χ0) is 35.4. The molecule has 4 bridgehead atoms. The number of halogens is 3. The zero-order valence-electron chi connectivity index (χ0n) is 28.4. The van der Waals surface area contributed by atoms with Gasteiger partial charge in [0.05, 0.1) is 29.5 Å². The van der Waals surface area contributed by atoms with Gasteiger partial charge in [0.15, 0.2) is 0 Å².